The quantitative estimate of drug-likeness (QED) is 0.175. The van der Waals surface area contributed by atoms with Crippen molar-refractivity contribution in [2.75, 3.05) is 4.90 Å². The molecule has 0 saturated heterocycles. The molecule has 50 heavy (non-hydrogen) atoms. The summed E-state index contributed by atoms with van der Waals surface area (Å²) in [6.07, 6.45) is 0. The second-order valence-electron chi connectivity index (χ2n) is 13.8. The van der Waals surface area contributed by atoms with Crippen molar-refractivity contribution in [1.29, 1.82) is 0 Å². The average molecular weight is 640 g/mol. The summed E-state index contributed by atoms with van der Waals surface area (Å²) in [5.74, 6) is 0. The molecule has 0 unspecified atom stereocenters. The second kappa shape index (κ2) is 12.1. The van der Waals surface area contributed by atoms with Crippen molar-refractivity contribution in [3.05, 3.63) is 199 Å². The Morgan fingerprint density at radius 1 is 0.340 bits per heavy atom. The van der Waals surface area contributed by atoms with E-state index in [-0.39, 0.29) is 5.41 Å². The van der Waals surface area contributed by atoms with Gasteiger partial charge in [-0.2, -0.15) is 0 Å². The third kappa shape index (κ3) is 5.11. The zero-order chi connectivity index (χ0) is 33.7. The Kier molecular flexibility index (Phi) is 7.21. The van der Waals surface area contributed by atoms with Gasteiger partial charge >= 0.3 is 0 Å². The van der Waals surface area contributed by atoms with Crippen molar-refractivity contribution >= 4 is 27.8 Å². The van der Waals surface area contributed by atoms with E-state index in [1.54, 1.807) is 0 Å². The summed E-state index contributed by atoms with van der Waals surface area (Å²) in [7, 11) is 0. The fourth-order valence-electron chi connectivity index (χ4n) is 7.96. The van der Waals surface area contributed by atoms with Gasteiger partial charge in [0.25, 0.3) is 0 Å². The first-order chi connectivity index (χ1) is 24.5. The Morgan fingerprint density at radius 3 is 1.64 bits per heavy atom. The predicted molar refractivity (Wildman–Crippen MR) is 213 cm³/mol. The van der Waals surface area contributed by atoms with E-state index >= 15 is 0 Å². The molecule has 0 aliphatic heterocycles. The Labute approximate surface area is 294 Å². The van der Waals surface area contributed by atoms with Gasteiger partial charge in [0.2, 0.25) is 0 Å². The van der Waals surface area contributed by atoms with Crippen LogP contribution in [0.4, 0.5) is 17.1 Å². The van der Waals surface area contributed by atoms with Crippen LogP contribution in [0.15, 0.2) is 188 Å². The van der Waals surface area contributed by atoms with Crippen LogP contribution in [-0.4, -0.2) is 0 Å². The van der Waals surface area contributed by atoms with Gasteiger partial charge < -0.3 is 4.90 Å². The maximum atomic E-state index is 2.43. The lowest BCUT2D eigenvalue weighted by atomic mass is 9.78. The van der Waals surface area contributed by atoms with Crippen molar-refractivity contribution < 1.29 is 0 Å². The summed E-state index contributed by atoms with van der Waals surface area (Å²) >= 11 is 0. The number of nitrogens with zero attached hydrogens (tertiary/aromatic N) is 1. The molecule has 1 aliphatic rings. The van der Waals surface area contributed by atoms with E-state index in [1.807, 2.05) is 0 Å². The van der Waals surface area contributed by atoms with Crippen LogP contribution < -0.4 is 4.90 Å². The standard InChI is InChI=1S/C49H37N/c1-49(2)47-23-12-11-22-44(47)46-33-43(32-45(48(46)49)37-17-7-4-8-18-37)50(42-29-26-35-16-9-10-19-40(35)31-42)41-27-24-36(25-28-41)39-21-13-20-38(30-39)34-14-5-3-6-15-34/h3-33H,1-2H3. The molecule has 0 spiro atoms. The molecule has 0 radical (unpaired) electrons. The zero-order valence-corrected chi connectivity index (χ0v) is 28.3. The summed E-state index contributed by atoms with van der Waals surface area (Å²) in [6.45, 7) is 4.74. The van der Waals surface area contributed by atoms with Gasteiger partial charge in [-0.3, -0.25) is 0 Å². The van der Waals surface area contributed by atoms with E-state index in [9.17, 15) is 0 Å². The smallest absolute Gasteiger partial charge is 0.0474 e. The topological polar surface area (TPSA) is 3.24 Å². The van der Waals surface area contributed by atoms with Gasteiger partial charge in [0.05, 0.1) is 0 Å². The zero-order valence-electron chi connectivity index (χ0n) is 28.3. The predicted octanol–water partition coefficient (Wildman–Crippen LogP) is 13.6. The van der Waals surface area contributed by atoms with Crippen LogP contribution in [0.5, 0.6) is 0 Å². The molecule has 1 heteroatoms. The van der Waals surface area contributed by atoms with E-state index in [0.29, 0.717) is 0 Å². The van der Waals surface area contributed by atoms with Crippen LogP contribution in [0.3, 0.4) is 0 Å². The largest absolute Gasteiger partial charge is 0.310 e. The third-order valence-corrected chi connectivity index (χ3v) is 10.4. The number of hydrogen-bond acceptors (Lipinski definition) is 1. The maximum Gasteiger partial charge on any atom is 0.0474 e. The SMILES string of the molecule is CC1(C)c2ccccc2-c2cc(N(c3ccc(-c4cccc(-c5ccccc5)c4)cc3)c3ccc4ccccc4c3)cc(-c3ccccc3)c21. The molecule has 8 aromatic carbocycles. The minimum Gasteiger partial charge on any atom is -0.310 e. The van der Waals surface area contributed by atoms with Crippen LogP contribution in [0.25, 0.3) is 55.3 Å². The van der Waals surface area contributed by atoms with Crippen LogP contribution in [0.1, 0.15) is 25.0 Å². The first-order valence-corrected chi connectivity index (χ1v) is 17.4. The van der Waals surface area contributed by atoms with E-state index in [2.05, 4.69) is 207 Å². The van der Waals surface area contributed by atoms with E-state index in [0.717, 1.165) is 17.1 Å². The highest BCUT2D eigenvalue weighted by atomic mass is 15.1. The molecular formula is C49H37N. The minimum absolute atomic E-state index is 0.126. The lowest BCUT2D eigenvalue weighted by molar-refractivity contribution is 0.662. The molecule has 8 aromatic rings. The molecule has 238 valence electrons. The summed E-state index contributed by atoms with van der Waals surface area (Å²) < 4.78 is 0. The first kappa shape index (κ1) is 29.9. The van der Waals surface area contributed by atoms with Gasteiger partial charge in [-0.1, -0.05) is 159 Å². The summed E-state index contributed by atoms with van der Waals surface area (Å²) in [4.78, 5) is 2.43. The lowest BCUT2D eigenvalue weighted by Crippen LogP contribution is -2.17. The van der Waals surface area contributed by atoms with Crippen LogP contribution >= 0.6 is 0 Å². The molecule has 9 rings (SSSR count). The summed E-state index contributed by atoms with van der Waals surface area (Å²) in [5, 5.41) is 2.46. The third-order valence-electron chi connectivity index (χ3n) is 10.4. The van der Waals surface area contributed by atoms with Crippen LogP contribution in [-0.2, 0) is 5.41 Å². The highest BCUT2D eigenvalue weighted by Crippen LogP contribution is 2.54. The van der Waals surface area contributed by atoms with Gasteiger partial charge in [-0.25, -0.2) is 0 Å². The molecule has 0 saturated carbocycles. The highest BCUT2D eigenvalue weighted by Gasteiger charge is 2.38. The van der Waals surface area contributed by atoms with Gasteiger partial charge in [0.15, 0.2) is 0 Å². The molecule has 1 nitrogen and oxygen atoms in total. The monoisotopic (exact) mass is 639 g/mol. The van der Waals surface area contributed by atoms with Gasteiger partial charge in [-0.05, 0) is 109 Å². The Hall–Kier alpha value is -6.18. The first-order valence-electron chi connectivity index (χ1n) is 17.4. The highest BCUT2D eigenvalue weighted by molar-refractivity contribution is 5.95. The summed E-state index contributed by atoms with van der Waals surface area (Å²) in [5.41, 5.74) is 16.0. The Balaban J connectivity index is 1.23. The van der Waals surface area contributed by atoms with Crippen molar-refractivity contribution in [2.45, 2.75) is 19.3 Å². The molecule has 1 aliphatic carbocycles. The van der Waals surface area contributed by atoms with Crippen molar-refractivity contribution in [3.63, 3.8) is 0 Å². The number of hydrogen-bond donors (Lipinski definition) is 0. The van der Waals surface area contributed by atoms with Crippen LogP contribution in [0, 0.1) is 0 Å². The normalized spacial score (nSPS) is 12.8. The molecule has 0 heterocycles. The number of rotatable bonds is 6. The Morgan fingerprint density at radius 2 is 0.900 bits per heavy atom. The molecule has 0 aromatic heterocycles. The van der Waals surface area contributed by atoms with E-state index in [1.165, 1.54) is 66.4 Å². The molecule has 0 amide bonds. The fourth-order valence-corrected chi connectivity index (χ4v) is 7.96. The van der Waals surface area contributed by atoms with Crippen molar-refractivity contribution in [2.24, 2.45) is 0 Å². The second-order valence-corrected chi connectivity index (χ2v) is 13.8. The molecule has 0 bridgehead atoms. The molecule has 0 N–H and O–H groups in total. The van der Waals surface area contributed by atoms with Crippen molar-refractivity contribution in [1.82, 2.24) is 0 Å². The van der Waals surface area contributed by atoms with Gasteiger partial charge in [0.1, 0.15) is 0 Å². The minimum atomic E-state index is -0.126. The number of fused-ring (bicyclic) bond motifs is 4. The average Bonchev–Trinajstić information content (AvgIpc) is 3.41. The van der Waals surface area contributed by atoms with Gasteiger partial charge in [-0.15, -0.1) is 0 Å². The lowest BCUT2D eigenvalue weighted by Gasteiger charge is -2.29. The fraction of sp³-hybridized carbons (Fsp3) is 0.0612. The Bertz CT molecular complexity index is 2490. The van der Waals surface area contributed by atoms with Crippen LogP contribution in [0.2, 0.25) is 0 Å². The summed E-state index contributed by atoms with van der Waals surface area (Å²) in [6, 6.07) is 68.6. The number of anilines is 3. The van der Waals surface area contributed by atoms with E-state index < -0.39 is 0 Å². The molecule has 0 atom stereocenters. The number of benzene rings is 8. The maximum absolute atomic E-state index is 2.43. The van der Waals surface area contributed by atoms with Crippen molar-refractivity contribution in [3.8, 4) is 44.5 Å². The molecular weight excluding hydrogens is 603 g/mol. The molecule has 0 fully saturated rings. The van der Waals surface area contributed by atoms with E-state index in [4.69, 9.17) is 0 Å². The van der Waals surface area contributed by atoms with Gasteiger partial charge in [0, 0.05) is 22.5 Å².